The number of rotatable bonds is 12. The Morgan fingerprint density at radius 2 is 0.759 bits per heavy atom. The lowest BCUT2D eigenvalue weighted by atomic mass is 10.3. The van der Waals surface area contributed by atoms with Crippen LogP contribution in [0.5, 0.6) is 0 Å². The summed E-state index contributed by atoms with van der Waals surface area (Å²) in [4.78, 5) is 0. The predicted octanol–water partition coefficient (Wildman–Crippen LogP) is 9.25. The Hall–Kier alpha value is 3.59. The fraction of sp³-hybridized carbons (Fsp3) is 1.00. The number of halogens is 12. The van der Waals surface area contributed by atoms with E-state index in [4.69, 9.17) is 153 Å². The number of hydrogen-bond acceptors (Lipinski definition) is 4. The lowest BCUT2D eigenvalue weighted by Crippen LogP contribution is -2.28. The molecule has 0 saturated carbocycles. The van der Waals surface area contributed by atoms with E-state index in [-0.39, 0.29) is 36.9 Å². The van der Waals surface area contributed by atoms with Gasteiger partial charge in [-0.1, -0.05) is 104 Å². The van der Waals surface area contributed by atoms with Gasteiger partial charge in [0, 0.05) is 36.9 Å². The normalized spacial score (nSPS) is 18.9. The third kappa shape index (κ3) is 17.6. The Morgan fingerprint density at radius 1 is 0.552 bits per heavy atom. The first-order valence-corrected chi connectivity index (χ1v) is 13.9. The van der Waals surface area contributed by atoms with Crippen LogP contribution in [0.25, 0.3) is 0 Å². The standard InChI is InChI=1S/C12H15Cl12O4P/c13-4-7(1-10(16,17)18)26-29(25,27-8(5-14)2-11(19,20)21)28-9(6-15)3-12(22,23)24/h7-9H,1-6H2. The summed E-state index contributed by atoms with van der Waals surface area (Å²) in [5, 5.41) is 0. The van der Waals surface area contributed by atoms with E-state index in [0.717, 1.165) is 0 Å². The largest absolute Gasteiger partial charge is 0.475 e. The summed E-state index contributed by atoms with van der Waals surface area (Å²) in [5.74, 6) is -0.677. The monoisotopic (exact) mass is 674 g/mol. The highest BCUT2D eigenvalue weighted by molar-refractivity contribution is 7.48. The molecule has 0 aliphatic heterocycles. The zero-order chi connectivity index (χ0) is 23.1. The molecule has 3 unspecified atom stereocenters. The van der Waals surface area contributed by atoms with E-state index >= 15 is 0 Å². The molecule has 0 bridgehead atoms. The fourth-order valence-electron chi connectivity index (χ4n) is 1.76. The van der Waals surface area contributed by atoms with Crippen LogP contribution in [-0.2, 0) is 18.1 Å². The Bertz CT molecular complexity index is 449. The summed E-state index contributed by atoms with van der Waals surface area (Å²) < 4.78 is 24.3. The molecule has 0 amide bonds. The van der Waals surface area contributed by atoms with Gasteiger partial charge in [0.15, 0.2) is 11.4 Å². The van der Waals surface area contributed by atoms with Gasteiger partial charge in [0.1, 0.15) is 0 Å². The minimum atomic E-state index is -4.48. The molecule has 176 valence electrons. The van der Waals surface area contributed by atoms with Crippen LogP contribution in [-0.4, -0.2) is 47.3 Å². The van der Waals surface area contributed by atoms with Crippen molar-refractivity contribution in [2.75, 3.05) is 17.6 Å². The highest BCUT2D eigenvalue weighted by Crippen LogP contribution is 2.56. The molecule has 0 heterocycles. The highest BCUT2D eigenvalue weighted by Gasteiger charge is 2.41. The summed E-state index contributed by atoms with van der Waals surface area (Å²) in [6.45, 7) is 0. The number of phosphoric acid groups is 1. The van der Waals surface area contributed by atoms with Crippen molar-refractivity contribution in [3.8, 4) is 0 Å². The van der Waals surface area contributed by atoms with Crippen molar-refractivity contribution >= 4 is 147 Å². The predicted molar refractivity (Wildman–Crippen MR) is 129 cm³/mol. The topological polar surface area (TPSA) is 44.8 Å². The molecule has 0 aromatic rings. The fourth-order valence-corrected chi connectivity index (χ4v) is 5.78. The second kappa shape index (κ2) is 14.2. The first kappa shape index (κ1) is 32.6. The zero-order valence-corrected chi connectivity index (χ0v) is 24.1. The highest BCUT2D eigenvalue weighted by atomic mass is 35.6. The molecule has 0 saturated heterocycles. The van der Waals surface area contributed by atoms with Crippen molar-refractivity contribution in [1.29, 1.82) is 0 Å². The van der Waals surface area contributed by atoms with Crippen LogP contribution in [0.1, 0.15) is 19.3 Å². The Kier molecular flexibility index (Phi) is 16.0. The molecule has 4 nitrogen and oxygen atoms in total. The maximum Gasteiger partial charge on any atom is 0.475 e. The minimum absolute atomic E-state index is 0.226. The van der Waals surface area contributed by atoms with Crippen LogP contribution in [0.2, 0.25) is 0 Å². The maximum atomic E-state index is 13.3. The van der Waals surface area contributed by atoms with E-state index in [1.807, 2.05) is 0 Å². The first-order chi connectivity index (χ1) is 12.9. The van der Waals surface area contributed by atoms with E-state index in [2.05, 4.69) is 0 Å². The van der Waals surface area contributed by atoms with Crippen LogP contribution >= 0.6 is 147 Å². The van der Waals surface area contributed by atoms with Gasteiger partial charge < -0.3 is 0 Å². The summed E-state index contributed by atoms with van der Waals surface area (Å²) in [7, 11) is -4.48. The molecule has 0 rings (SSSR count). The Labute approximate surface area is 229 Å². The Balaban J connectivity index is 5.66. The van der Waals surface area contributed by atoms with Crippen LogP contribution in [0.15, 0.2) is 0 Å². The van der Waals surface area contributed by atoms with Gasteiger partial charge in [0.05, 0.1) is 18.3 Å². The van der Waals surface area contributed by atoms with Gasteiger partial charge in [0.25, 0.3) is 0 Å². The van der Waals surface area contributed by atoms with Crippen molar-refractivity contribution < 1.29 is 18.1 Å². The van der Waals surface area contributed by atoms with E-state index in [1.165, 1.54) is 0 Å². The van der Waals surface area contributed by atoms with Gasteiger partial charge in [-0.2, -0.15) is 0 Å². The van der Waals surface area contributed by atoms with E-state index in [0.29, 0.717) is 0 Å². The molecule has 0 aliphatic rings. The summed E-state index contributed by atoms with van der Waals surface area (Å²) in [5.41, 5.74) is 0. The molecule has 0 radical (unpaired) electrons. The molecule has 3 atom stereocenters. The molecular formula is C12H15Cl12O4P. The molecule has 0 aromatic heterocycles. The first-order valence-electron chi connectivity index (χ1n) is 7.45. The van der Waals surface area contributed by atoms with Crippen molar-refractivity contribution in [3.05, 3.63) is 0 Å². The van der Waals surface area contributed by atoms with Crippen molar-refractivity contribution in [1.82, 2.24) is 0 Å². The molecular weight excluding hydrogens is 665 g/mol. The molecule has 17 heteroatoms. The Morgan fingerprint density at radius 3 is 0.897 bits per heavy atom. The second-order valence-corrected chi connectivity index (χ2v) is 15.6. The third-order valence-electron chi connectivity index (χ3n) is 2.73. The average molecular weight is 680 g/mol. The van der Waals surface area contributed by atoms with Gasteiger partial charge in [-0.15, -0.1) is 34.8 Å². The molecule has 0 aromatic carbocycles. The smallest absolute Gasteiger partial charge is 0.282 e. The van der Waals surface area contributed by atoms with E-state index in [9.17, 15) is 4.57 Å². The molecule has 29 heavy (non-hydrogen) atoms. The molecule has 0 aliphatic carbocycles. The number of hydrogen-bond donors (Lipinski definition) is 0. The maximum absolute atomic E-state index is 13.3. The molecule has 0 N–H and O–H groups in total. The van der Waals surface area contributed by atoms with Gasteiger partial charge in [-0.3, -0.25) is 13.6 Å². The number of alkyl halides is 12. The van der Waals surface area contributed by atoms with Gasteiger partial charge in [-0.05, 0) is 0 Å². The van der Waals surface area contributed by atoms with Crippen molar-refractivity contribution in [2.24, 2.45) is 0 Å². The molecule has 0 spiro atoms. The average Bonchev–Trinajstić information content (AvgIpc) is 2.48. The second-order valence-electron chi connectivity index (χ2n) is 5.55. The van der Waals surface area contributed by atoms with Crippen molar-refractivity contribution in [3.63, 3.8) is 0 Å². The zero-order valence-electron chi connectivity index (χ0n) is 14.1. The van der Waals surface area contributed by atoms with Gasteiger partial charge in [0.2, 0.25) is 0 Å². The summed E-state index contributed by atoms with van der Waals surface area (Å²) in [6.07, 6.45) is -3.94. The molecule has 0 fully saturated rings. The lowest BCUT2D eigenvalue weighted by molar-refractivity contribution is 0.0407. The minimum Gasteiger partial charge on any atom is -0.282 e. The van der Waals surface area contributed by atoms with E-state index in [1.54, 1.807) is 0 Å². The lowest BCUT2D eigenvalue weighted by Gasteiger charge is -2.31. The van der Waals surface area contributed by atoms with E-state index < -0.39 is 37.5 Å². The third-order valence-corrected chi connectivity index (χ3v) is 6.82. The quantitative estimate of drug-likeness (QED) is 0.152. The SMILES string of the molecule is O=P(OC(CCl)CC(Cl)(Cl)Cl)(OC(CCl)CC(Cl)(Cl)Cl)OC(CCl)CC(Cl)(Cl)Cl. The van der Waals surface area contributed by atoms with Crippen LogP contribution < -0.4 is 0 Å². The summed E-state index contributed by atoms with van der Waals surface area (Å²) in [6, 6.07) is 0. The number of phosphoric ester groups is 1. The van der Waals surface area contributed by atoms with Gasteiger partial charge in [-0.25, -0.2) is 4.57 Å². The summed E-state index contributed by atoms with van der Waals surface area (Å²) >= 11 is 69.2. The van der Waals surface area contributed by atoms with Crippen LogP contribution in [0.4, 0.5) is 0 Å². The van der Waals surface area contributed by atoms with Crippen molar-refractivity contribution in [2.45, 2.75) is 49.0 Å². The van der Waals surface area contributed by atoms with Gasteiger partial charge >= 0.3 is 7.82 Å². The van der Waals surface area contributed by atoms with Crippen LogP contribution in [0.3, 0.4) is 0 Å². The van der Waals surface area contributed by atoms with Crippen LogP contribution in [0, 0.1) is 0 Å².